The van der Waals surface area contributed by atoms with Gasteiger partial charge in [0.25, 0.3) is 0 Å². The quantitative estimate of drug-likeness (QED) is 0.627. The summed E-state index contributed by atoms with van der Waals surface area (Å²) >= 11 is 0. The van der Waals surface area contributed by atoms with E-state index < -0.39 is 5.97 Å². The third-order valence-corrected chi connectivity index (χ3v) is 3.64. The zero-order valence-electron chi connectivity index (χ0n) is 10.4. The summed E-state index contributed by atoms with van der Waals surface area (Å²) in [7, 11) is 0. The van der Waals surface area contributed by atoms with E-state index in [0.717, 1.165) is 31.7 Å². The van der Waals surface area contributed by atoms with E-state index in [0.29, 0.717) is 12.5 Å². The van der Waals surface area contributed by atoms with Gasteiger partial charge in [0.05, 0.1) is 0 Å². The molecule has 0 aliphatic heterocycles. The van der Waals surface area contributed by atoms with Gasteiger partial charge >= 0.3 is 5.97 Å². The van der Waals surface area contributed by atoms with Crippen LogP contribution in [0.25, 0.3) is 0 Å². The topological polar surface area (TPSA) is 49.3 Å². The standard InChI is InChI=1S/C13H25NO2/c1-11(12-7-4-5-8-12)14-10-6-2-3-9-13(15)16/h11-12,14H,2-10H2,1H3,(H,15,16)/t11-/m1/s1. The summed E-state index contributed by atoms with van der Waals surface area (Å²) in [5.41, 5.74) is 0. The van der Waals surface area contributed by atoms with Crippen molar-refractivity contribution in [1.82, 2.24) is 5.32 Å². The summed E-state index contributed by atoms with van der Waals surface area (Å²) < 4.78 is 0. The molecule has 3 nitrogen and oxygen atoms in total. The molecule has 0 bridgehead atoms. The molecule has 1 fully saturated rings. The van der Waals surface area contributed by atoms with Crippen molar-refractivity contribution in [1.29, 1.82) is 0 Å². The highest BCUT2D eigenvalue weighted by Gasteiger charge is 2.20. The number of carbonyl (C=O) groups is 1. The van der Waals surface area contributed by atoms with Crippen molar-refractivity contribution in [3.63, 3.8) is 0 Å². The average Bonchev–Trinajstić information content (AvgIpc) is 2.75. The van der Waals surface area contributed by atoms with Crippen LogP contribution in [0.2, 0.25) is 0 Å². The van der Waals surface area contributed by atoms with Crippen molar-refractivity contribution in [3.05, 3.63) is 0 Å². The average molecular weight is 227 g/mol. The van der Waals surface area contributed by atoms with Crippen molar-refractivity contribution in [2.45, 2.75) is 64.3 Å². The smallest absolute Gasteiger partial charge is 0.303 e. The summed E-state index contributed by atoms with van der Waals surface area (Å²) in [5.74, 6) is 0.200. The fourth-order valence-corrected chi connectivity index (χ4v) is 2.53. The second-order valence-electron chi connectivity index (χ2n) is 4.99. The maximum Gasteiger partial charge on any atom is 0.303 e. The zero-order chi connectivity index (χ0) is 11.8. The van der Waals surface area contributed by atoms with Gasteiger partial charge in [-0.05, 0) is 45.1 Å². The second kappa shape index (κ2) is 7.66. The van der Waals surface area contributed by atoms with Crippen LogP contribution >= 0.6 is 0 Å². The van der Waals surface area contributed by atoms with Gasteiger partial charge in [-0.1, -0.05) is 19.3 Å². The van der Waals surface area contributed by atoms with Gasteiger partial charge in [0.2, 0.25) is 0 Å². The molecule has 0 heterocycles. The van der Waals surface area contributed by atoms with Crippen LogP contribution in [-0.2, 0) is 4.79 Å². The Balaban J connectivity index is 1.92. The van der Waals surface area contributed by atoms with Crippen LogP contribution in [0.15, 0.2) is 0 Å². The van der Waals surface area contributed by atoms with Crippen LogP contribution in [0, 0.1) is 5.92 Å². The van der Waals surface area contributed by atoms with E-state index in [4.69, 9.17) is 5.11 Å². The summed E-state index contributed by atoms with van der Waals surface area (Å²) in [4.78, 5) is 10.3. The number of nitrogens with one attached hydrogen (secondary N) is 1. The maximum absolute atomic E-state index is 10.3. The molecule has 3 heteroatoms. The molecule has 0 aromatic rings. The Morgan fingerprint density at radius 2 is 2.00 bits per heavy atom. The minimum absolute atomic E-state index is 0.318. The summed E-state index contributed by atoms with van der Waals surface area (Å²) in [6, 6.07) is 0.641. The molecule has 2 N–H and O–H groups in total. The molecule has 0 aromatic carbocycles. The second-order valence-corrected chi connectivity index (χ2v) is 4.99. The molecule has 0 spiro atoms. The highest BCUT2D eigenvalue weighted by atomic mass is 16.4. The molecule has 0 amide bonds. The Labute approximate surface area is 98.6 Å². The number of unbranched alkanes of at least 4 members (excludes halogenated alkanes) is 2. The third kappa shape index (κ3) is 5.50. The Kier molecular flexibility index (Phi) is 6.46. The highest BCUT2D eigenvalue weighted by Crippen LogP contribution is 2.27. The van der Waals surface area contributed by atoms with Crippen molar-refractivity contribution < 1.29 is 9.90 Å². The fraction of sp³-hybridized carbons (Fsp3) is 0.923. The lowest BCUT2D eigenvalue weighted by Crippen LogP contribution is -2.32. The molecule has 0 saturated heterocycles. The first kappa shape index (κ1) is 13.5. The fourth-order valence-electron chi connectivity index (χ4n) is 2.53. The third-order valence-electron chi connectivity index (χ3n) is 3.64. The first-order chi connectivity index (χ1) is 7.70. The minimum atomic E-state index is -0.674. The Morgan fingerprint density at radius 1 is 1.31 bits per heavy atom. The van der Waals surface area contributed by atoms with Gasteiger partial charge in [-0.25, -0.2) is 0 Å². The number of aliphatic carboxylic acids is 1. The van der Waals surface area contributed by atoms with Crippen LogP contribution in [0.4, 0.5) is 0 Å². The van der Waals surface area contributed by atoms with Crippen LogP contribution in [0.5, 0.6) is 0 Å². The van der Waals surface area contributed by atoms with Gasteiger partial charge in [-0.15, -0.1) is 0 Å². The maximum atomic E-state index is 10.3. The molecule has 0 radical (unpaired) electrons. The van der Waals surface area contributed by atoms with E-state index in [1.54, 1.807) is 0 Å². The van der Waals surface area contributed by atoms with Crippen molar-refractivity contribution in [3.8, 4) is 0 Å². The number of hydrogen-bond acceptors (Lipinski definition) is 2. The number of carboxylic acids is 1. The molecule has 16 heavy (non-hydrogen) atoms. The predicted octanol–water partition coefficient (Wildman–Crippen LogP) is 2.80. The van der Waals surface area contributed by atoms with Gasteiger partial charge < -0.3 is 10.4 Å². The molecule has 1 atom stereocenters. The van der Waals surface area contributed by atoms with Gasteiger partial charge in [0, 0.05) is 12.5 Å². The Hall–Kier alpha value is -0.570. The Bertz CT molecular complexity index is 200. The lowest BCUT2D eigenvalue weighted by molar-refractivity contribution is -0.137. The number of hydrogen-bond donors (Lipinski definition) is 2. The molecular formula is C13H25NO2. The normalized spacial score (nSPS) is 18.8. The monoisotopic (exact) mass is 227 g/mol. The van der Waals surface area contributed by atoms with Gasteiger partial charge in [0.1, 0.15) is 0 Å². The van der Waals surface area contributed by atoms with Crippen LogP contribution in [0.1, 0.15) is 58.3 Å². The Morgan fingerprint density at radius 3 is 2.62 bits per heavy atom. The van der Waals surface area contributed by atoms with E-state index >= 15 is 0 Å². The van der Waals surface area contributed by atoms with Gasteiger partial charge in [-0.3, -0.25) is 4.79 Å². The zero-order valence-corrected chi connectivity index (χ0v) is 10.4. The summed E-state index contributed by atoms with van der Waals surface area (Å²) in [5, 5.41) is 12.1. The van der Waals surface area contributed by atoms with E-state index in [1.807, 2.05) is 0 Å². The van der Waals surface area contributed by atoms with E-state index in [1.165, 1.54) is 25.7 Å². The first-order valence-corrected chi connectivity index (χ1v) is 6.65. The van der Waals surface area contributed by atoms with Crippen molar-refractivity contribution >= 4 is 5.97 Å². The summed E-state index contributed by atoms with van der Waals surface area (Å²) in [6.07, 6.45) is 8.82. The largest absolute Gasteiger partial charge is 0.481 e. The molecular weight excluding hydrogens is 202 g/mol. The number of rotatable bonds is 8. The molecule has 1 rings (SSSR count). The molecule has 1 aliphatic rings. The molecule has 0 unspecified atom stereocenters. The van der Waals surface area contributed by atoms with Crippen molar-refractivity contribution in [2.75, 3.05) is 6.54 Å². The van der Waals surface area contributed by atoms with Crippen LogP contribution in [0.3, 0.4) is 0 Å². The van der Waals surface area contributed by atoms with Gasteiger partial charge in [-0.2, -0.15) is 0 Å². The predicted molar refractivity (Wildman–Crippen MR) is 65.5 cm³/mol. The van der Waals surface area contributed by atoms with E-state index in [2.05, 4.69) is 12.2 Å². The molecule has 0 aromatic heterocycles. The van der Waals surface area contributed by atoms with E-state index in [9.17, 15) is 4.79 Å². The molecule has 94 valence electrons. The highest BCUT2D eigenvalue weighted by molar-refractivity contribution is 5.66. The number of carboxylic acid groups (broad SMARTS) is 1. The van der Waals surface area contributed by atoms with E-state index in [-0.39, 0.29) is 0 Å². The molecule has 1 aliphatic carbocycles. The lowest BCUT2D eigenvalue weighted by atomic mass is 10.00. The molecule has 1 saturated carbocycles. The van der Waals surface area contributed by atoms with Crippen molar-refractivity contribution in [2.24, 2.45) is 5.92 Å². The van der Waals surface area contributed by atoms with Gasteiger partial charge in [0.15, 0.2) is 0 Å². The lowest BCUT2D eigenvalue weighted by Gasteiger charge is -2.20. The van der Waals surface area contributed by atoms with Crippen LogP contribution < -0.4 is 5.32 Å². The van der Waals surface area contributed by atoms with Crippen LogP contribution in [-0.4, -0.2) is 23.7 Å². The summed E-state index contributed by atoms with van der Waals surface area (Å²) in [6.45, 7) is 3.32. The SMILES string of the molecule is C[C@@H](NCCCCCC(=O)O)C1CCCC1. The minimum Gasteiger partial charge on any atom is -0.481 e. The first-order valence-electron chi connectivity index (χ1n) is 6.65.